The SMILES string of the molecule is CC1(C)C(C(=O)Nc2cccc(Br)n2)C1(C)C. The summed E-state index contributed by atoms with van der Waals surface area (Å²) in [5.74, 6) is 0.712. The van der Waals surface area contributed by atoms with Gasteiger partial charge in [0.25, 0.3) is 0 Å². The van der Waals surface area contributed by atoms with Gasteiger partial charge < -0.3 is 5.32 Å². The van der Waals surface area contributed by atoms with Gasteiger partial charge in [0.2, 0.25) is 5.91 Å². The van der Waals surface area contributed by atoms with Crippen LogP contribution in [0.5, 0.6) is 0 Å². The number of nitrogens with one attached hydrogen (secondary N) is 1. The highest BCUT2D eigenvalue weighted by Crippen LogP contribution is 2.68. The number of carbonyl (C=O) groups excluding carboxylic acids is 1. The number of hydrogen-bond donors (Lipinski definition) is 1. The lowest BCUT2D eigenvalue weighted by Gasteiger charge is -2.05. The van der Waals surface area contributed by atoms with Gasteiger partial charge in [0.1, 0.15) is 10.4 Å². The third-order valence-electron chi connectivity index (χ3n) is 4.25. The smallest absolute Gasteiger partial charge is 0.229 e. The maximum Gasteiger partial charge on any atom is 0.229 e. The van der Waals surface area contributed by atoms with Gasteiger partial charge >= 0.3 is 0 Å². The molecule has 0 unspecified atom stereocenters. The van der Waals surface area contributed by atoms with E-state index in [1.165, 1.54) is 0 Å². The molecule has 3 nitrogen and oxygen atoms in total. The van der Waals surface area contributed by atoms with E-state index in [4.69, 9.17) is 0 Å². The Bertz CT molecular complexity index is 454. The van der Waals surface area contributed by atoms with Gasteiger partial charge in [-0.2, -0.15) is 0 Å². The largest absolute Gasteiger partial charge is 0.310 e. The normalized spacial score (nSPS) is 21.0. The Morgan fingerprint density at radius 1 is 1.29 bits per heavy atom. The van der Waals surface area contributed by atoms with Gasteiger partial charge in [-0.3, -0.25) is 4.79 Å². The van der Waals surface area contributed by atoms with Gasteiger partial charge in [0, 0.05) is 5.92 Å². The summed E-state index contributed by atoms with van der Waals surface area (Å²) < 4.78 is 0.726. The van der Waals surface area contributed by atoms with Gasteiger partial charge in [-0.15, -0.1) is 0 Å². The summed E-state index contributed by atoms with van der Waals surface area (Å²) in [5, 5.41) is 2.88. The molecule has 0 saturated heterocycles. The molecular weight excluding hydrogens is 280 g/mol. The van der Waals surface area contributed by atoms with Crippen LogP contribution in [-0.2, 0) is 4.79 Å². The van der Waals surface area contributed by atoms with E-state index in [-0.39, 0.29) is 22.7 Å². The zero-order chi connectivity index (χ0) is 12.8. The molecule has 17 heavy (non-hydrogen) atoms. The lowest BCUT2D eigenvalue weighted by atomic mass is 10.0. The molecule has 1 aliphatic carbocycles. The number of hydrogen-bond acceptors (Lipinski definition) is 2. The summed E-state index contributed by atoms with van der Waals surface area (Å²) in [6, 6.07) is 5.49. The first-order valence-corrected chi connectivity index (χ1v) is 6.49. The predicted molar refractivity (Wildman–Crippen MR) is 71.6 cm³/mol. The second kappa shape index (κ2) is 3.80. The van der Waals surface area contributed by atoms with E-state index >= 15 is 0 Å². The van der Waals surface area contributed by atoms with Crippen LogP contribution in [0.1, 0.15) is 27.7 Å². The summed E-state index contributed by atoms with van der Waals surface area (Å²) in [6.45, 7) is 8.52. The first-order valence-electron chi connectivity index (χ1n) is 5.70. The third kappa shape index (κ3) is 1.99. The Labute approximate surface area is 110 Å². The van der Waals surface area contributed by atoms with Crippen molar-refractivity contribution in [3.8, 4) is 0 Å². The minimum atomic E-state index is 0.0516. The van der Waals surface area contributed by atoms with E-state index in [0.29, 0.717) is 5.82 Å². The quantitative estimate of drug-likeness (QED) is 0.849. The Morgan fingerprint density at radius 3 is 2.35 bits per heavy atom. The maximum atomic E-state index is 12.2. The number of pyridine rings is 1. The van der Waals surface area contributed by atoms with Crippen molar-refractivity contribution in [1.82, 2.24) is 4.98 Å². The average Bonchev–Trinajstić information content (AvgIpc) is 2.56. The summed E-state index contributed by atoms with van der Waals surface area (Å²) in [5.41, 5.74) is 0.117. The number of rotatable bonds is 2. The highest BCUT2D eigenvalue weighted by Gasteiger charge is 2.68. The highest BCUT2D eigenvalue weighted by atomic mass is 79.9. The molecule has 2 rings (SSSR count). The summed E-state index contributed by atoms with van der Waals surface area (Å²) in [4.78, 5) is 16.4. The van der Waals surface area contributed by atoms with E-state index < -0.39 is 0 Å². The Morgan fingerprint density at radius 2 is 1.88 bits per heavy atom. The summed E-state index contributed by atoms with van der Waals surface area (Å²) >= 11 is 3.29. The summed E-state index contributed by atoms with van der Waals surface area (Å²) in [6.07, 6.45) is 0. The van der Waals surface area contributed by atoms with E-state index in [1.807, 2.05) is 12.1 Å². The molecule has 1 aromatic rings. The molecular formula is C13H17BrN2O. The molecule has 1 saturated carbocycles. The molecule has 1 aliphatic rings. The van der Waals surface area contributed by atoms with Crippen LogP contribution in [0.25, 0.3) is 0 Å². The first kappa shape index (κ1) is 12.6. The number of anilines is 1. The van der Waals surface area contributed by atoms with Crippen molar-refractivity contribution >= 4 is 27.7 Å². The zero-order valence-corrected chi connectivity index (χ0v) is 12.1. The lowest BCUT2D eigenvalue weighted by Crippen LogP contribution is -2.18. The first-order chi connectivity index (χ1) is 7.76. The molecule has 4 heteroatoms. The van der Waals surface area contributed by atoms with Crippen LogP contribution in [0, 0.1) is 16.7 Å². The van der Waals surface area contributed by atoms with Gasteiger partial charge in [0.15, 0.2) is 0 Å². The summed E-state index contributed by atoms with van der Waals surface area (Å²) in [7, 11) is 0. The molecule has 1 fully saturated rings. The van der Waals surface area contributed by atoms with Crippen molar-refractivity contribution in [2.75, 3.05) is 5.32 Å². The van der Waals surface area contributed by atoms with Crippen molar-refractivity contribution < 1.29 is 4.79 Å². The van der Waals surface area contributed by atoms with Crippen molar-refractivity contribution in [3.63, 3.8) is 0 Å². The molecule has 0 atom stereocenters. The molecule has 1 amide bonds. The number of amides is 1. The van der Waals surface area contributed by atoms with E-state index in [9.17, 15) is 4.79 Å². The Kier molecular flexibility index (Phi) is 2.81. The van der Waals surface area contributed by atoms with Gasteiger partial charge in [-0.05, 0) is 38.9 Å². The average molecular weight is 297 g/mol. The van der Waals surface area contributed by atoms with E-state index in [2.05, 4.69) is 53.9 Å². The molecule has 0 spiro atoms. The van der Waals surface area contributed by atoms with Crippen molar-refractivity contribution in [2.24, 2.45) is 16.7 Å². The van der Waals surface area contributed by atoms with E-state index in [1.54, 1.807) is 6.07 Å². The lowest BCUT2D eigenvalue weighted by molar-refractivity contribution is -0.118. The second-order valence-electron chi connectivity index (χ2n) is 5.71. The van der Waals surface area contributed by atoms with Crippen LogP contribution in [0.2, 0.25) is 0 Å². The van der Waals surface area contributed by atoms with Crippen LogP contribution in [0.3, 0.4) is 0 Å². The van der Waals surface area contributed by atoms with Gasteiger partial charge in [0.05, 0.1) is 0 Å². The Hall–Kier alpha value is -0.900. The highest BCUT2D eigenvalue weighted by molar-refractivity contribution is 9.10. The molecule has 0 aromatic carbocycles. The monoisotopic (exact) mass is 296 g/mol. The van der Waals surface area contributed by atoms with Crippen molar-refractivity contribution in [1.29, 1.82) is 0 Å². The number of nitrogens with zero attached hydrogens (tertiary/aromatic N) is 1. The molecule has 92 valence electrons. The second-order valence-corrected chi connectivity index (χ2v) is 6.52. The molecule has 1 heterocycles. The van der Waals surface area contributed by atoms with Gasteiger partial charge in [-0.25, -0.2) is 4.98 Å². The topological polar surface area (TPSA) is 42.0 Å². The fourth-order valence-electron chi connectivity index (χ4n) is 2.53. The van der Waals surface area contributed by atoms with Crippen LogP contribution < -0.4 is 5.32 Å². The van der Waals surface area contributed by atoms with Crippen molar-refractivity contribution in [3.05, 3.63) is 22.8 Å². The fraction of sp³-hybridized carbons (Fsp3) is 0.538. The van der Waals surface area contributed by atoms with Crippen LogP contribution in [0.4, 0.5) is 5.82 Å². The Balaban J connectivity index is 2.10. The molecule has 0 radical (unpaired) electrons. The third-order valence-corrected chi connectivity index (χ3v) is 4.69. The molecule has 1 aromatic heterocycles. The number of aromatic nitrogens is 1. The van der Waals surface area contributed by atoms with E-state index in [0.717, 1.165) is 4.60 Å². The molecule has 0 aliphatic heterocycles. The maximum absolute atomic E-state index is 12.2. The van der Waals surface area contributed by atoms with Crippen LogP contribution >= 0.6 is 15.9 Å². The number of carbonyl (C=O) groups is 1. The van der Waals surface area contributed by atoms with Gasteiger partial charge in [-0.1, -0.05) is 33.8 Å². The fourth-order valence-corrected chi connectivity index (χ4v) is 2.87. The molecule has 1 N–H and O–H groups in total. The minimum absolute atomic E-state index is 0.0516. The minimum Gasteiger partial charge on any atom is -0.310 e. The standard InChI is InChI=1S/C13H17BrN2O/c1-12(2)10(13(12,3)4)11(17)16-9-7-5-6-8(14)15-9/h5-7,10H,1-4H3,(H,15,16,17). The molecule has 0 bridgehead atoms. The van der Waals surface area contributed by atoms with Crippen LogP contribution in [-0.4, -0.2) is 10.9 Å². The van der Waals surface area contributed by atoms with Crippen molar-refractivity contribution in [2.45, 2.75) is 27.7 Å². The van der Waals surface area contributed by atoms with Crippen LogP contribution in [0.15, 0.2) is 22.8 Å². The zero-order valence-electron chi connectivity index (χ0n) is 10.5. The number of halogens is 1. The predicted octanol–water partition coefficient (Wildman–Crippen LogP) is 3.46.